The summed E-state index contributed by atoms with van der Waals surface area (Å²) in [4.78, 5) is 0. The zero-order valence-corrected chi connectivity index (χ0v) is 7.01. The van der Waals surface area contributed by atoms with Gasteiger partial charge in [0.15, 0.2) is 0 Å². The standard InChI is InChI=1S/C9H14N2O/c1-2-8-5-7-6-10-4-3-9(7,12)11-8/h1,7-8,10-12H,3-6H2. The van der Waals surface area contributed by atoms with Gasteiger partial charge in [-0.3, -0.25) is 5.32 Å². The maximum atomic E-state index is 10.1. The second-order valence-corrected chi connectivity index (χ2v) is 3.67. The van der Waals surface area contributed by atoms with E-state index in [-0.39, 0.29) is 12.0 Å². The van der Waals surface area contributed by atoms with Crippen LogP contribution < -0.4 is 10.6 Å². The summed E-state index contributed by atoms with van der Waals surface area (Å²) in [6.45, 7) is 1.75. The van der Waals surface area contributed by atoms with Crippen molar-refractivity contribution in [3.8, 4) is 12.3 Å². The third kappa shape index (κ3) is 1.13. The molecule has 0 saturated carbocycles. The van der Waals surface area contributed by atoms with Crippen LogP contribution in [-0.4, -0.2) is 30.0 Å². The Morgan fingerprint density at radius 1 is 1.58 bits per heavy atom. The van der Waals surface area contributed by atoms with E-state index in [1.165, 1.54) is 0 Å². The summed E-state index contributed by atoms with van der Waals surface area (Å²) >= 11 is 0. The minimum Gasteiger partial charge on any atom is -0.375 e. The molecule has 0 aromatic rings. The van der Waals surface area contributed by atoms with E-state index in [0.717, 1.165) is 25.9 Å². The van der Waals surface area contributed by atoms with Crippen molar-refractivity contribution in [3.63, 3.8) is 0 Å². The molecule has 3 nitrogen and oxygen atoms in total. The van der Waals surface area contributed by atoms with E-state index in [1.54, 1.807) is 0 Å². The van der Waals surface area contributed by atoms with Crippen LogP contribution >= 0.6 is 0 Å². The molecule has 0 aromatic heterocycles. The van der Waals surface area contributed by atoms with E-state index >= 15 is 0 Å². The van der Waals surface area contributed by atoms with Gasteiger partial charge in [0.05, 0.1) is 6.04 Å². The molecular formula is C9H14N2O. The lowest BCUT2D eigenvalue weighted by molar-refractivity contribution is -0.0399. The number of rotatable bonds is 0. The molecule has 0 bridgehead atoms. The second kappa shape index (κ2) is 2.74. The van der Waals surface area contributed by atoms with Crippen molar-refractivity contribution in [3.05, 3.63) is 0 Å². The summed E-state index contributed by atoms with van der Waals surface area (Å²) < 4.78 is 0. The monoisotopic (exact) mass is 166 g/mol. The lowest BCUT2D eigenvalue weighted by Crippen LogP contribution is -2.54. The van der Waals surface area contributed by atoms with Gasteiger partial charge < -0.3 is 10.4 Å². The zero-order valence-electron chi connectivity index (χ0n) is 7.01. The molecule has 2 heterocycles. The normalized spacial score (nSPS) is 46.7. The Bertz CT molecular complexity index is 223. The lowest BCUT2D eigenvalue weighted by Gasteiger charge is -2.34. The number of hydrogen-bond acceptors (Lipinski definition) is 3. The average Bonchev–Trinajstić information content (AvgIpc) is 2.41. The largest absolute Gasteiger partial charge is 0.375 e. The molecule has 3 atom stereocenters. The van der Waals surface area contributed by atoms with E-state index in [2.05, 4.69) is 16.6 Å². The predicted octanol–water partition coefficient (Wildman–Crippen LogP) is -0.720. The molecule has 0 amide bonds. The van der Waals surface area contributed by atoms with Gasteiger partial charge in [-0.2, -0.15) is 0 Å². The van der Waals surface area contributed by atoms with Crippen molar-refractivity contribution in [1.29, 1.82) is 0 Å². The van der Waals surface area contributed by atoms with Crippen LogP contribution in [0.3, 0.4) is 0 Å². The maximum absolute atomic E-state index is 10.1. The molecule has 3 unspecified atom stereocenters. The van der Waals surface area contributed by atoms with Crippen LogP contribution in [0.2, 0.25) is 0 Å². The van der Waals surface area contributed by atoms with Gasteiger partial charge in [0.25, 0.3) is 0 Å². The van der Waals surface area contributed by atoms with E-state index in [9.17, 15) is 5.11 Å². The first-order chi connectivity index (χ1) is 5.74. The number of hydrogen-bond donors (Lipinski definition) is 3. The molecule has 0 spiro atoms. The first-order valence-corrected chi connectivity index (χ1v) is 4.41. The topological polar surface area (TPSA) is 44.3 Å². The van der Waals surface area contributed by atoms with Gasteiger partial charge in [-0.1, -0.05) is 5.92 Å². The smallest absolute Gasteiger partial charge is 0.122 e. The molecule has 0 aliphatic carbocycles. The third-order valence-corrected chi connectivity index (χ3v) is 2.89. The number of fused-ring (bicyclic) bond motifs is 1. The van der Waals surface area contributed by atoms with E-state index < -0.39 is 5.72 Å². The Hall–Kier alpha value is -0.560. The van der Waals surface area contributed by atoms with Crippen molar-refractivity contribution in [2.24, 2.45) is 5.92 Å². The molecule has 2 aliphatic rings. The summed E-state index contributed by atoms with van der Waals surface area (Å²) in [5.41, 5.74) is -0.692. The summed E-state index contributed by atoms with van der Waals surface area (Å²) in [5, 5.41) is 16.4. The van der Waals surface area contributed by atoms with Gasteiger partial charge in [0.1, 0.15) is 5.72 Å². The van der Waals surface area contributed by atoms with Crippen LogP contribution in [0.25, 0.3) is 0 Å². The molecular weight excluding hydrogens is 152 g/mol. The molecule has 12 heavy (non-hydrogen) atoms. The van der Waals surface area contributed by atoms with Crippen molar-refractivity contribution < 1.29 is 5.11 Å². The molecule has 3 heteroatoms. The highest BCUT2D eigenvalue weighted by Crippen LogP contribution is 2.32. The van der Waals surface area contributed by atoms with Crippen LogP contribution in [0, 0.1) is 18.3 Å². The van der Waals surface area contributed by atoms with Crippen LogP contribution in [-0.2, 0) is 0 Å². The van der Waals surface area contributed by atoms with Gasteiger partial charge in [0.2, 0.25) is 0 Å². The Labute approximate surface area is 72.5 Å². The highest BCUT2D eigenvalue weighted by molar-refractivity contribution is 5.10. The fourth-order valence-corrected chi connectivity index (χ4v) is 2.15. The fraction of sp³-hybridized carbons (Fsp3) is 0.778. The summed E-state index contributed by atoms with van der Waals surface area (Å²) in [7, 11) is 0. The SMILES string of the molecule is C#CC1CC2CNCCC2(O)N1. The van der Waals surface area contributed by atoms with Crippen LogP contribution in [0.15, 0.2) is 0 Å². The molecule has 0 aromatic carbocycles. The van der Waals surface area contributed by atoms with Crippen molar-refractivity contribution in [2.75, 3.05) is 13.1 Å². The highest BCUT2D eigenvalue weighted by Gasteiger charge is 2.46. The fourth-order valence-electron chi connectivity index (χ4n) is 2.15. The Morgan fingerprint density at radius 3 is 3.08 bits per heavy atom. The first kappa shape index (κ1) is 8.06. The zero-order chi connectivity index (χ0) is 8.60. The van der Waals surface area contributed by atoms with Gasteiger partial charge >= 0.3 is 0 Å². The Morgan fingerprint density at radius 2 is 2.42 bits per heavy atom. The lowest BCUT2D eigenvalue weighted by atomic mass is 9.90. The molecule has 2 aliphatic heterocycles. The predicted molar refractivity (Wildman–Crippen MR) is 46.3 cm³/mol. The molecule has 66 valence electrons. The minimum atomic E-state index is -0.692. The highest BCUT2D eigenvalue weighted by atomic mass is 16.3. The summed E-state index contributed by atoms with van der Waals surface area (Å²) in [6.07, 6.45) is 6.95. The van der Waals surface area contributed by atoms with Crippen LogP contribution in [0.1, 0.15) is 12.8 Å². The first-order valence-electron chi connectivity index (χ1n) is 4.41. The van der Waals surface area contributed by atoms with Gasteiger partial charge in [0, 0.05) is 18.9 Å². The van der Waals surface area contributed by atoms with Gasteiger partial charge in [-0.05, 0) is 13.0 Å². The van der Waals surface area contributed by atoms with Crippen molar-refractivity contribution in [2.45, 2.75) is 24.6 Å². The van der Waals surface area contributed by atoms with Crippen LogP contribution in [0.5, 0.6) is 0 Å². The molecule has 2 fully saturated rings. The minimum absolute atomic E-state index is 0.0555. The molecule has 2 rings (SSSR count). The molecule has 3 N–H and O–H groups in total. The number of terminal acetylenes is 1. The van der Waals surface area contributed by atoms with Crippen molar-refractivity contribution >= 4 is 0 Å². The Kier molecular flexibility index (Phi) is 1.84. The van der Waals surface area contributed by atoms with E-state index in [1.807, 2.05) is 0 Å². The summed E-state index contributed by atoms with van der Waals surface area (Å²) in [5.74, 6) is 2.93. The van der Waals surface area contributed by atoms with Crippen LogP contribution in [0.4, 0.5) is 0 Å². The van der Waals surface area contributed by atoms with E-state index in [0.29, 0.717) is 0 Å². The van der Waals surface area contributed by atoms with Gasteiger partial charge in [-0.25, -0.2) is 0 Å². The quantitative estimate of drug-likeness (QED) is 0.416. The number of aliphatic hydroxyl groups is 1. The molecule has 0 radical (unpaired) electrons. The Balaban J connectivity index is 2.12. The maximum Gasteiger partial charge on any atom is 0.122 e. The number of nitrogens with one attached hydrogen (secondary N) is 2. The second-order valence-electron chi connectivity index (χ2n) is 3.67. The van der Waals surface area contributed by atoms with Gasteiger partial charge in [-0.15, -0.1) is 6.42 Å². The average molecular weight is 166 g/mol. The molecule has 2 saturated heterocycles. The van der Waals surface area contributed by atoms with E-state index in [4.69, 9.17) is 6.42 Å². The summed E-state index contributed by atoms with van der Waals surface area (Å²) in [6, 6.07) is 0.0555. The van der Waals surface area contributed by atoms with Crippen molar-refractivity contribution in [1.82, 2.24) is 10.6 Å². The third-order valence-electron chi connectivity index (χ3n) is 2.89. The number of piperidine rings is 1.